The van der Waals surface area contributed by atoms with E-state index in [0.717, 1.165) is 11.1 Å². The quantitative estimate of drug-likeness (QED) is 0.753. The SMILES string of the molecule is FC(F)Cn1cc(N[C@H](c2ccccc2)c2ccncc2)cn1. The Bertz CT molecular complexity index is 689. The number of aromatic nitrogens is 3. The lowest BCUT2D eigenvalue weighted by atomic mass is 9.99. The molecule has 0 saturated carbocycles. The Balaban J connectivity index is 1.86. The number of hydrogen-bond acceptors (Lipinski definition) is 3. The summed E-state index contributed by atoms with van der Waals surface area (Å²) in [6, 6.07) is 13.7. The molecule has 2 aromatic heterocycles. The average Bonchev–Trinajstić information content (AvgIpc) is 3.00. The van der Waals surface area contributed by atoms with Gasteiger partial charge in [-0.05, 0) is 23.3 Å². The van der Waals surface area contributed by atoms with Crippen molar-refractivity contribution in [3.8, 4) is 0 Å². The van der Waals surface area contributed by atoms with E-state index in [-0.39, 0.29) is 6.04 Å². The average molecular weight is 314 g/mol. The van der Waals surface area contributed by atoms with Gasteiger partial charge in [-0.25, -0.2) is 8.78 Å². The van der Waals surface area contributed by atoms with Crippen LogP contribution in [0.5, 0.6) is 0 Å². The molecule has 3 aromatic rings. The molecule has 0 bridgehead atoms. The smallest absolute Gasteiger partial charge is 0.257 e. The second-order valence-corrected chi connectivity index (χ2v) is 5.11. The highest BCUT2D eigenvalue weighted by Crippen LogP contribution is 2.26. The molecule has 1 atom stereocenters. The Hall–Kier alpha value is -2.76. The number of alkyl halides is 2. The summed E-state index contributed by atoms with van der Waals surface area (Å²) in [5.41, 5.74) is 2.80. The molecule has 118 valence electrons. The fourth-order valence-corrected chi connectivity index (χ4v) is 2.41. The van der Waals surface area contributed by atoms with Gasteiger partial charge in [0.1, 0.15) is 6.54 Å². The van der Waals surface area contributed by atoms with Gasteiger partial charge in [0.15, 0.2) is 0 Å². The van der Waals surface area contributed by atoms with Crippen LogP contribution in [0.4, 0.5) is 14.5 Å². The Labute approximate surface area is 132 Å². The Morgan fingerprint density at radius 1 is 1.00 bits per heavy atom. The van der Waals surface area contributed by atoms with Crippen molar-refractivity contribution in [3.63, 3.8) is 0 Å². The Morgan fingerprint density at radius 2 is 1.70 bits per heavy atom. The van der Waals surface area contributed by atoms with Crippen LogP contribution in [0.25, 0.3) is 0 Å². The minimum atomic E-state index is -2.42. The van der Waals surface area contributed by atoms with E-state index < -0.39 is 13.0 Å². The molecule has 0 radical (unpaired) electrons. The largest absolute Gasteiger partial charge is 0.372 e. The lowest BCUT2D eigenvalue weighted by Crippen LogP contribution is -2.12. The number of pyridine rings is 1. The molecule has 4 nitrogen and oxygen atoms in total. The van der Waals surface area contributed by atoms with Gasteiger partial charge < -0.3 is 5.32 Å². The van der Waals surface area contributed by atoms with Crippen LogP contribution in [0.15, 0.2) is 67.3 Å². The summed E-state index contributed by atoms with van der Waals surface area (Å²) in [5.74, 6) is 0. The Kier molecular flexibility index (Phi) is 4.61. The second kappa shape index (κ2) is 7.00. The van der Waals surface area contributed by atoms with Gasteiger partial charge in [0, 0.05) is 18.6 Å². The van der Waals surface area contributed by atoms with Gasteiger partial charge in [0.05, 0.1) is 17.9 Å². The van der Waals surface area contributed by atoms with E-state index in [1.54, 1.807) is 24.8 Å². The molecule has 23 heavy (non-hydrogen) atoms. The summed E-state index contributed by atoms with van der Waals surface area (Å²) in [4.78, 5) is 4.04. The summed E-state index contributed by atoms with van der Waals surface area (Å²) < 4.78 is 26.1. The van der Waals surface area contributed by atoms with Crippen molar-refractivity contribution in [2.75, 3.05) is 5.32 Å². The number of benzene rings is 1. The number of nitrogens with zero attached hydrogens (tertiary/aromatic N) is 3. The zero-order valence-corrected chi connectivity index (χ0v) is 12.3. The summed E-state index contributed by atoms with van der Waals surface area (Å²) in [7, 11) is 0. The third-order valence-electron chi connectivity index (χ3n) is 3.44. The van der Waals surface area contributed by atoms with Crippen molar-refractivity contribution >= 4 is 5.69 Å². The van der Waals surface area contributed by atoms with E-state index in [4.69, 9.17) is 0 Å². The molecule has 3 rings (SSSR count). The van der Waals surface area contributed by atoms with Gasteiger partial charge in [0.25, 0.3) is 6.43 Å². The molecule has 0 unspecified atom stereocenters. The van der Waals surface area contributed by atoms with Gasteiger partial charge >= 0.3 is 0 Å². The lowest BCUT2D eigenvalue weighted by molar-refractivity contribution is 0.122. The number of halogens is 2. The third-order valence-corrected chi connectivity index (χ3v) is 3.44. The Morgan fingerprint density at radius 3 is 2.39 bits per heavy atom. The third kappa shape index (κ3) is 3.91. The zero-order chi connectivity index (χ0) is 16.1. The molecule has 0 aliphatic rings. The first-order chi connectivity index (χ1) is 11.2. The monoisotopic (exact) mass is 314 g/mol. The standard InChI is InChI=1S/C17H16F2N4/c18-16(19)12-23-11-15(10-21-23)22-17(13-4-2-1-3-5-13)14-6-8-20-9-7-14/h1-11,16-17,22H,12H2/t17-/m1/s1. The highest BCUT2D eigenvalue weighted by Gasteiger charge is 2.15. The predicted octanol–water partition coefficient (Wildman–Crippen LogP) is 3.74. The van der Waals surface area contributed by atoms with Crippen LogP contribution in [-0.2, 0) is 6.54 Å². The van der Waals surface area contributed by atoms with Gasteiger partial charge in [-0.15, -0.1) is 0 Å². The minimum absolute atomic E-state index is 0.108. The number of rotatable bonds is 6. The first-order valence-corrected chi connectivity index (χ1v) is 7.24. The van der Waals surface area contributed by atoms with Crippen LogP contribution in [0.3, 0.4) is 0 Å². The highest BCUT2D eigenvalue weighted by atomic mass is 19.3. The maximum atomic E-state index is 12.4. The van der Waals surface area contributed by atoms with E-state index in [9.17, 15) is 8.78 Å². The van der Waals surface area contributed by atoms with Crippen molar-refractivity contribution in [1.29, 1.82) is 0 Å². The normalized spacial score (nSPS) is 12.3. The number of nitrogens with one attached hydrogen (secondary N) is 1. The summed E-state index contributed by atoms with van der Waals surface area (Å²) in [6.07, 6.45) is 4.18. The van der Waals surface area contributed by atoms with Crippen molar-refractivity contribution in [2.24, 2.45) is 0 Å². The molecule has 1 N–H and O–H groups in total. The molecule has 0 amide bonds. The van der Waals surface area contributed by atoms with Gasteiger partial charge in [-0.1, -0.05) is 30.3 Å². The van der Waals surface area contributed by atoms with Crippen LogP contribution in [-0.4, -0.2) is 21.2 Å². The predicted molar refractivity (Wildman–Crippen MR) is 84.4 cm³/mol. The molecule has 0 saturated heterocycles. The molecule has 6 heteroatoms. The first-order valence-electron chi connectivity index (χ1n) is 7.24. The molecule has 2 heterocycles. The minimum Gasteiger partial charge on any atom is -0.372 e. The molecular weight excluding hydrogens is 298 g/mol. The van der Waals surface area contributed by atoms with Crippen LogP contribution < -0.4 is 5.32 Å². The van der Waals surface area contributed by atoms with Crippen LogP contribution in [0, 0.1) is 0 Å². The fourth-order valence-electron chi connectivity index (χ4n) is 2.41. The summed E-state index contributed by atoms with van der Waals surface area (Å²) in [5, 5.41) is 7.31. The van der Waals surface area contributed by atoms with Crippen LogP contribution in [0.1, 0.15) is 17.2 Å². The number of hydrogen-bond donors (Lipinski definition) is 1. The van der Waals surface area contributed by atoms with Crippen molar-refractivity contribution < 1.29 is 8.78 Å². The maximum Gasteiger partial charge on any atom is 0.257 e. The van der Waals surface area contributed by atoms with Gasteiger partial charge in [-0.3, -0.25) is 9.67 Å². The molecular formula is C17H16F2N4. The fraction of sp³-hybridized carbons (Fsp3) is 0.176. The van der Waals surface area contributed by atoms with E-state index in [1.807, 2.05) is 42.5 Å². The second-order valence-electron chi connectivity index (χ2n) is 5.11. The van der Waals surface area contributed by atoms with E-state index in [2.05, 4.69) is 15.4 Å². The van der Waals surface area contributed by atoms with Gasteiger partial charge in [0.2, 0.25) is 0 Å². The molecule has 0 aliphatic heterocycles. The lowest BCUT2D eigenvalue weighted by Gasteiger charge is -2.19. The molecule has 0 aliphatic carbocycles. The maximum absolute atomic E-state index is 12.4. The molecule has 0 spiro atoms. The van der Waals surface area contributed by atoms with E-state index in [0.29, 0.717) is 5.69 Å². The van der Waals surface area contributed by atoms with E-state index >= 15 is 0 Å². The first kappa shape index (κ1) is 15.1. The van der Waals surface area contributed by atoms with Gasteiger partial charge in [-0.2, -0.15) is 5.10 Å². The zero-order valence-electron chi connectivity index (χ0n) is 12.3. The highest BCUT2D eigenvalue weighted by molar-refractivity contribution is 5.46. The van der Waals surface area contributed by atoms with E-state index in [1.165, 1.54) is 4.68 Å². The molecule has 0 fully saturated rings. The van der Waals surface area contributed by atoms with Crippen molar-refractivity contribution in [3.05, 3.63) is 78.4 Å². The summed E-state index contributed by atoms with van der Waals surface area (Å²) >= 11 is 0. The van der Waals surface area contributed by atoms with Crippen molar-refractivity contribution in [1.82, 2.24) is 14.8 Å². The van der Waals surface area contributed by atoms with Crippen LogP contribution in [0.2, 0.25) is 0 Å². The summed E-state index contributed by atoms with van der Waals surface area (Å²) in [6.45, 7) is -0.410. The molecule has 1 aromatic carbocycles. The topological polar surface area (TPSA) is 42.7 Å². The van der Waals surface area contributed by atoms with Crippen molar-refractivity contribution in [2.45, 2.75) is 19.0 Å². The van der Waals surface area contributed by atoms with Crippen LogP contribution >= 0.6 is 0 Å². The number of anilines is 1.